The van der Waals surface area contributed by atoms with Gasteiger partial charge in [0.25, 0.3) is 0 Å². The Morgan fingerprint density at radius 3 is 2.12 bits per heavy atom. The molecule has 1 atom stereocenters. The summed E-state index contributed by atoms with van der Waals surface area (Å²) in [4.78, 5) is 0. The number of rotatable bonds is 4. The van der Waals surface area contributed by atoms with Crippen LogP contribution >= 0.6 is 0 Å². The number of methoxy groups -OCH3 is 3. The molecule has 1 aromatic rings. The van der Waals surface area contributed by atoms with Gasteiger partial charge in [0, 0.05) is 6.04 Å². The quantitative estimate of drug-likeness (QED) is 0.871. The first-order valence-corrected chi connectivity index (χ1v) is 5.83. The molecule has 4 heteroatoms. The fraction of sp³-hybridized carbons (Fsp3) is 0.538. The molecule has 0 unspecified atom stereocenters. The van der Waals surface area contributed by atoms with Crippen molar-refractivity contribution < 1.29 is 14.2 Å². The Kier molecular flexibility index (Phi) is 3.74. The molecule has 0 saturated carbocycles. The van der Waals surface area contributed by atoms with Gasteiger partial charge < -0.3 is 19.5 Å². The molecule has 1 heterocycles. The zero-order chi connectivity index (χ0) is 12.3. The van der Waals surface area contributed by atoms with Crippen molar-refractivity contribution in [3.63, 3.8) is 0 Å². The number of benzene rings is 1. The van der Waals surface area contributed by atoms with E-state index in [1.54, 1.807) is 21.3 Å². The monoisotopic (exact) mass is 237 g/mol. The highest BCUT2D eigenvalue weighted by atomic mass is 16.5. The van der Waals surface area contributed by atoms with Gasteiger partial charge in [-0.1, -0.05) is 0 Å². The molecule has 94 valence electrons. The zero-order valence-electron chi connectivity index (χ0n) is 10.6. The second-order valence-corrected chi connectivity index (χ2v) is 4.11. The van der Waals surface area contributed by atoms with Crippen LogP contribution in [-0.4, -0.2) is 27.9 Å². The van der Waals surface area contributed by atoms with Crippen LogP contribution in [0, 0.1) is 0 Å². The van der Waals surface area contributed by atoms with Gasteiger partial charge >= 0.3 is 0 Å². The second-order valence-electron chi connectivity index (χ2n) is 4.11. The van der Waals surface area contributed by atoms with Gasteiger partial charge in [0.2, 0.25) is 5.75 Å². The summed E-state index contributed by atoms with van der Waals surface area (Å²) in [5, 5.41) is 3.46. The Hall–Kier alpha value is -1.42. The molecule has 1 aliphatic rings. The summed E-state index contributed by atoms with van der Waals surface area (Å²) in [6.07, 6.45) is 2.36. The Bertz CT molecular complexity index is 361. The third kappa shape index (κ3) is 2.31. The van der Waals surface area contributed by atoms with E-state index in [-0.39, 0.29) is 0 Å². The fourth-order valence-electron chi connectivity index (χ4n) is 2.27. The Labute approximate surface area is 102 Å². The molecule has 2 rings (SSSR count). The standard InChI is InChI=1S/C13H19NO3/c1-15-11-7-9(10-5-4-6-14-10)8-12(16-2)13(11)17-3/h7-8,10,14H,4-6H2,1-3H3/t10-/m0/s1. The molecule has 1 aliphatic heterocycles. The molecular weight excluding hydrogens is 218 g/mol. The van der Waals surface area contributed by atoms with E-state index in [4.69, 9.17) is 14.2 Å². The number of hydrogen-bond donors (Lipinski definition) is 1. The van der Waals surface area contributed by atoms with Crippen molar-refractivity contribution in [2.75, 3.05) is 27.9 Å². The van der Waals surface area contributed by atoms with Gasteiger partial charge in [-0.25, -0.2) is 0 Å². The van der Waals surface area contributed by atoms with Crippen LogP contribution in [0.4, 0.5) is 0 Å². The SMILES string of the molecule is COc1cc([C@@H]2CCCN2)cc(OC)c1OC. The van der Waals surface area contributed by atoms with Gasteiger partial charge in [0.1, 0.15) is 0 Å². The van der Waals surface area contributed by atoms with Crippen molar-refractivity contribution in [3.8, 4) is 17.2 Å². The van der Waals surface area contributed by atoms with Crippen molar-refractivity contribution in [2.24, 2.45) is 0 Å². The van der Waals surface area contributed by atoms with Gasteiger partial charge in [0.05, 0.1) is 21.3 Å². The molecule has 1 aromatic carbocycles. The van der Waals surface area contributed by atoms with E-state index in [2.05, 4.69) is 5.32 Å². The first kappa shape index (κ1) is 12.0. The second kappa shape index (κ2) is 5.27. The predicted molar refractivity (Wildman–Crippen MR) is 66.1 cm³/mol. The highest BCUT2D eigenvalue weighted by Gasteiger charge is 2.20. The third-order valence-electron chi connectivity index (χ3n) is 3.15. The van der Waals surface area contributed by atoms with Crippen molar-refractivity contribution in [1.82, 2.24) is 5.32 Å². The minimum absolute atomic E-state index is 0.392. The van der Waals surface area contributed by atoms with E-state index >= 15 is 0 Å². The van der Waals surface area contributed by atoms with Crippen LogP contribution in [0.15, 0.2) is 12.1 Å². The topological polar surface area (TPSA) is 39.7 Å². The maximum Gasteiger partial charge on any atom is 0.203 e. The summed E-state index contributed by atoms with van der Waals surface area (Å²) in [5.74, 6) is 2.09. The lowest BCUT2D eigenvalue weighted by atomic mass is 10.0. The first-order valence-electron chi connectivity index (χ1n) is 5.83. The summed E-state index contributed by atoms with van der Waals surface area (Å²) in [6.45, 7) is 1.07. The molecule has 4 nitrogen and oxygen atoms in total. The lowest BCUT2D eigenvalue weighted by Crippen LogP contribution is -2.13. The largest absolute Gasteiger partial charge is 0.493 e. The summed E-state index contributed by atoms with van der Waals surface area (Å²) in [6, 6.07) is 4.43. The molecule has 17 heavy (non-hydrogen) atoms. The summed E-state index contributed by atoms with van der Waals surface area (Å²) in [5.41, 5.74) is 1.19. The van der Waals surface area contributed by atoms with Gasteiger partial charge in [-0.3, -0.25) is 0 Å². The Morgan fingerprint density at radius 2 is 1.71 bits per heavy atom. The average Bonchev–Trinajstić information content (AvgIpc) is 2.90. The highest BCUT2D eigenvalue weighted by Crippen LogP contribution is 2.40. The van der Waals surface area contributed by atoms with E-state index in [9.17, 15) is 0 Å². The lowest BCUT2D eigenvalue weighted by molar-refractivity contribution is 0.323. The van der Waals surface area contributed by atoms with Crippen molar-refractivity contribution in [2.45, 2.75) is 18.9 Å². The zero-order valence-corrected chi connectivity index (χ0v) is 10.6. The summed E-state index contributed by atoms with van der Waals surface area (Å²) < 4.78 is 16.0. The van der Waals surface area contributed by atoms with E-state index in [0.717, 1.165) is 24.5 Å². The van der Waals surface area contributed by atoms with Crippen LogP contribution < -0.4 is 19.5 Å². The number of nitrogens with one attached hydrogen (secondary N) is 1. The number of hydrogen-bond acceptors (Lipinski definition) is 4. The van der Waals surface area contributed by atoms with E-state index in [0.29, 0.717) is 11.8 Å². The normalized spacial score (nSPS) is 19.1. The molecule has 1 N–H and O–H groups in total. The Morgan fingerprint density at radius 1 is 1.06 bits per heavy atom. The van der Waals surface area contributed by atoms with Gasteiger partial charge in [-0.2, -0.15) is 0 Å². The van der Waals surface area contributed by atoms with Crippen LogP contribution in [0.5, 0.6) is 17.2 Å². The van der Waals surface area contributed by atoms with Crippen molar-refractivity contribution in [3.05, 3.63) is 17.7 Å². The van der Waals surface area contributed by atoms with E-state index in [1.807, 2.05) is 12.1 Å². The highest BCUT2D eigenvalue weighted by molar-refractivity contribution is 5.54. The van der Waals surface area contributed by atoms with Gasteiger partial charge in [0.15, 0.2) is 11.5 Å². The van der Waals surface area contributed by atoms with Crippen LogP contribution in [-0.2, 0) is 0 Å². The molecule has 0 bridgehead atoms. The van der Waals surface area contributed by atoms with Crippen LogP contribution in [0.2, 0.25) is 0 Å². The van der Waals surface area contributed by atoms with Crippen LogP contribution in [0.1, 0.15) is 24.4 Å². The van der Waals surface area contributed by atoms with Crippen LogP contribution in [0.3, 0.4) is 0 Å². The summed E-state index contributed by atoms with van der Waals surface area (Å²) >= 11 is 0. The van der Waals surface area contributed by atoms with Gasteiger partial charge in [-0.05, 0) is 37.1 Å². The first-order chi connectivity index (χ1) is 8.30. The Balaban J connectivity index is 2.40. The predicted octanol–water partition coefficient (Wildman–Crippen LogP) is 2.14. The fourth-order valence-corrected chi connectivity index (χ4v) is 2.27. The van der Waals surface area contributed by atoms with Crippen LogP contribution in [0.25, 0.3) is 0 Å². The van der Waals surface area contributed by atoms with Crippen molar-refractivity contribution in [1.29, 1.82) is 0 Å². The molecule has 1 fully saturated rings. The van der Waals surface area contributed by atoms with Gasteiger partial charge in [-0.15, -0.1) is 0 Å². The third-order valence-corrected chi connectivity index (χ3v) is 3.15. The van der Waals surface area contributed by atoms with Crippen molar-refractivity contribution >= 4 is 0 Å². The minimum Gasteiger partial charge on any atom is -0.493 e. The molecule has 1 saturated heterocycles. The number of ether oxygens (including phenoxy) is 3. The maximum absolute atomic E-state index is 5.35. The lowest BCUT2D eigenvalue weighted by Gasteiger charge is -2.17. The molecule has 0 aliphatic carbocycles. The molecular formula is C13H19NO3. The molecule has 0 radical (unpaired) electrons. The molecule has 0 aromatic heterocycles. The minimum atomic E-state index is 0.392. The van der Waals surface area contributed by atoms with E-state index < -0.39 is 0 Å². The molecule has 0 amide bonds. The molecule has 0 spiro atoms. The maximum atomic E-state index is 5.35. The van der Waals surface area contributed by atoms with E-state index in [1.165, 1.54) is 12.0 Å². The smallest absolute Gasteiger partial charge is 0.203 e. The average molecular weight is 237 g/mol. The summed E-state index contributed by atoms with van der Waals surface area (Å²) in [7, 11) is 4.90.